The fourth-order valence-electron chi connectivity index (χ4n) is 3.50. The Balaban J connectivity index is 1.48. The van der Waals surface area contributed by atoms with Crippen LogP contribution in [0.3, 0.4) is 0 Å². The summed E-state index contributed by atoms with van der Waals surface area (Å²) in [6.45, 7) is 2.27. The molecular weight excluding hydrogens is 388 g/mol. The van der Waals surface area contributed by atoms with Crippen molar-refractivity contribution in [3.05, 3.63) is 69.5 Å². The van der Waals surface area contributed by atoms with E-state index >= 15 is 0 Å². The van der Waals surface area contributed by atoms with Crippen molar-refractivity contribution in [1.82, 2.24) is 4.90 Å². The Bertz CT molecular complexity index is 782. The van der Waals surface area contributed by atoms with Crippen molar-refractivity contribution in [3.8, 4) is 0 Å². The molecule has 0 spiro atoms. The Morgan fingerprint density at radius 3 is 2.26 bits per heavy atom. The first-order valence-electron chi connectivity index (χ1n) is 9.06. The molecule has 3 rings (SSSR count). The predicted molar refractivity (Wildman–Crippen MR) is 106 cm³/mol. The van der Waals surface area contributed by atoms with Gasteiger partial charge in [-0.25, -0.2) is 4.39 Å². The zero-order chi connectivity index (χ0) is 19.4. The molecule has 0 radical (unpaired) electrons. The van der Waals surface area contributed by atoms with Crippen LogP contribution in [-0.2, 0) is 5.60 Å². The van der Waals surface area contributed by atoms with Crippen molar-refractivity contribution in [2.24, 2.45) is 0 Å². The molecule has 0 aromatic heterocycles. The third-order valence-electron chi connectivity index (χ3n) is 5.13. The van der Waals surface area contributed by atoms with Gasteiger partial charge in [0.1, 0.15) is 5.82 Å². The summed E-state index contributed by atoms with van der Waals surface area (Å²) in [5.74, 6) is -0.314. The van der Waals surface area contributed by atoms with Crippen molar-refractivity contribution in [1.29, 1.82) is 0 Å². The summed E-state index contributed by atoms with van der Waals surface area (Å²) < 4.78 is 12.9. The summed E-state index contributed by atoms with van der Waals surface area (Å²) >= 11 is 12.1. The lowest BCUT2D eigenvalue weighted by molar-refractivity contribution is -0.0260. The van der Waals surface area contributed by atoms with Crippen molar-refractivity contribution in [2.45, 2.75) is 31.3 Å². The molecule has 6 heteroatoms. The maximum atomic E-state index is 12.9. The van der Waals surface area contributed by atoms with Crippen molar-refractivity contribution < 1.29 is 14.3 Å². The van der Waals surface area contributed by atoms with E-state index in [0.29, 0.717) is 34.9 Å². The Morgan fingerprint density at radius 2 is 1.67 bits per heavy atom. The van der Waals surface area contributed by atoms with Gasteiger partial charge in [-0.1, -0.05) is 23.2 Å². The molecule has 0 unspecified atom stereocenters. The zero-order valence-corrected chi connectivity index (χ0v) is 16.4. The van der Waals surface area contributed by atoms with E-state index in [1.54, 1.807) is 18.2 Å². The first kappa shape index (κ1) is 20.3. The minimum absolute atomic E-state index is 0.0251. The van der Waals surface area contributed by atoms with E-state index in [9.17, 15) is 14.3 Å². The Hall–Kier alpha value is -1.46. The minimum Gasteiger partial charge on any atom is -0.385 e. The average molecular weight is 410 g/mol. The highest BCUT2D eigenvalue weighted by atomic mass is 35.5. The molecule has 27 heavy (non-hydrogen) atoms. The van der Waals surface area contributed by atoms with Crippen LogP contribution in [0.15, 0.2) is 42.5 Å². The van der Waals surface area contributed by atoms with Crippen LogP contribution in [0, 0.1) is 5.82 Å². The smallest absolute Gasteiger partial charge is 0.162 e. The van der Waals surface area contributed by atoms with Crippen LogP contribution in [0.25, 0.3) is 0 Å². The number of aliphatic hydroxyl groups is 1. The zero-order valence-electron chi connectivity index (χ0n) is 14.9. The van der Waals surface area contributed by atoms with E-state index in [1.807, 2.05) is 0 Å². The fraction of sp³-hybridized carbons (Fsp3) is 0.381. The van der Waals surface area contributed by atoms with Gasteiger partial charge in [-0.05, 0) is 73.8 Å². The van der Waals surface area contributed by atoms with Gasteiger partial charge in [-0.15, -0.1) is 0 Å². The van der Waals surface area contributed by atoms with Crippen molar-refractivity contribution in [2.75, 3.05) is 19.6 Å². The highest BCUT2D eigenvalue weighted by Crippen LogP contribution is 2.35. The van der Waals surface area contributed by atoms with Crippen LogP contribution >= 0.6 is 23.2 Å². The monoisotopic (exact) mass is 409 g/mol. The summed E-state index contributed by atoms with van der Waals surface area (Å²) in [5.41, 5.74) is 0.378. The molecule has 0 aliphatic carbocycles. The second kappa shape index (κ2) is 8.70. The number of benzene rings is 2. The summed E-state index contributed by atoms with van der Waals surface area (Å²) in [6.07, 6.45) is 2.35. The molecule has 3 nitrogen and oxygen atoms in total. The van der Waals surface area contributed by atoms with Crippen molar-refractivity contribution >= 4 is 29.0 Å². The number of halogens is 3. The summed E-state index contributed by atoms with van der Waals surface area (Å²) in [6, 6.07) is 10.9. The first-order chi connectivity index (χ1) is 12.9. The number of ketones is 1. The van der Waals surface area contributed by atoms with Gasteiger partial charge >= 0.3 is 0 Å². The maximum Gasteiger partial charge on any atom is 0.162 e. The van der Waals surface area contributed by atoms with E-state index < -0.39 is 5.60 Å². The number of carbonyl (C=O) groups is 1. The lowest BCUT2D eigenvalue weighted by atomic mass is 9.84. The lowest BCUT2D eigenvalue weighted by Crippen LogP contribution is -2.43. The predicted octanol–water partition coefficient (Wildman–Crippen LogP) is 5.08. The number of hydrogen-bond acceptors (Lipinski definition) is 3. The number of carbonyl (C=O) groups excluding carboxylic acids is 1. The molecule has 144 valence electrons. The number of likely N-dealkylation sites (tertiary alicyclic amines) is 1. The number of hydrogen-bond donors (Lipinski definition) is 1. The molecule has 0 bridgehead atoms. The van der Waals surface area contributed by atoms with Gasteiger partial charge in [0.25, 0.3) is 0 Å². The van der Waals surface area contributed by atoms with Gasteiger partial charge in [-0.3, -0.25) is 4.79 Å². The number of Topliss-reactive ketones (excluding diaryl/α,β-unsaturated/α-hetero) is 1. The van der Waals surface area contributed by atoms with Crippen molar-refractivity contribution in [3.63, 3.8) is 0 Å². The average Bonchev–Trinajstić information content (AvgIpc) is 2.63. The molecule has 1 fully saturated rings. The topological polar surface area (TPSA) is 40.5 Å². The van der Waals surface area contributed by atoms with E-state index in [4.69, 9.17) is 23.2 Å². The van der Waals surface area contributed by atoms with E-state index in [0.717, 1.165) is 31.6 Å². The molecule has 0 saturated carbocycles. The molecular formula is C21H22Cl2FNO2. The van der Waals surface area contributed by atoms with Crippen LogP contribution in [0.1, 0.15) is 41.6 Å². The highest BCUT2D eigenvalue weighted by Gasteiger charge is 2.34. The largest absolute Gasteiger partial charge is 0.385 e. The number of piperidine rings is 1. The molecule has 1 heterocycles. The van der Waals surface area contributed by atoms with Gasteiger partial charge in [0.05, 0.1) is 5.60 Å². The molecule has 2 aromatic rings. The molecule has 1 aliphatic rings. The highest BCUT2D eigenvalue weighted by molar-refractivity contribution is 6.34. The van der Waals surface area contributed by atoms with Crippen LogP contribution in [0.2, 0.25) is 10.0 Å². The summed E-state index contributed by atoms with van der Waals surface area (Å²) in [7, 11) is 0. The minimum atomic E-state index is -0.922. The molecule has 1 saturated heterocycles. The number of nitrogens with zero attached hydrogens (tertiary/aromatic N) is 1. The third kappa shape index (κ3) is 5.29. The third-order valence-corrected chi connectivity index (χ3v) is 5.56. The Morgan fingerprint density at radius 1 is 1.07 bits per heavy atom. The van der Waals surface area contributed by atoms with Gasteiger partial charge in [0.15, 0.2) is 5.78 Å². The van der Waals surface area contributed by atoms with Gasteiger partial charge in [0.2, 0.25) is 0 Å². The first-order valence-corrected chi connectivity index (χ1v) is 9.81. The normalized spacial score (nSPS) is 17.0. The standard InChI is InChI=1S/C21H22Cl2FNO2/c22-17-12-16(13-18(23)14-17)21(27)7-10-25(11-8-21)9-1-2-20(26)15-3-5-19(24)6-4-15/h3-6,12-14,27H,1-2,7-11H2. The van der Waals surface area contributed by atoms with E-state index in [1.165, 1.54) is 24.3 Å². The summed E-state index contributed by atoms with van der Waals surface area (Å²) in [5, 5.41) is 12.0. The second-order valence-corrected chi connectivity index (χ2v) is 7.94. The van der Waals surface area contributed by atoms with Crippen LogP contribution in [-0.4, -0.2) is 35.4 Å². The van der Waals surface area contributed by atoms with Gasteiger partial charge in [-0.2, -0.15) is 0 Å². The maximum absolute atomic E-state index is 12.9. The quantitative estimate of drug-likeness (QED) is 0.676. The van der Waals surface area contributed by atoms with E-state index in [-0.39, 0.29) is 11.6 Å². The number of rotatable bonds is 6. The van der Waals surface area contributed by atoms with Crippen LogP contribution in [0.4, 0.5) is 4.39 Å². The SMILES string of the molecule is O=C(CCCN1CCC(O)(c2cc(Cl)cc(Cl)c2)CC1)c1ccc(F)cc1. The fourth-order valence-corrected chi connectivity index (χ4v) is 4.03. The molecule has 2 aromatic carbocycles. The Kier molecular flexibility index (Phi) is 6.53. The lowest BCUT2D eigenvalue weighted by Gasteiger charge is -2.38. The molecule has 1 N–H and O–H groups in total. The Labute approximate surface area is 168 Å². The second-order valence-electron chi connectivity index (χ2n) is 7.06. The summed E-state index contributed by atoms with van der Waals surface area (Å²) in [4.78, 5) is 14.4. The van der Waals surface area contributed by atoms with Gasteiger partial charge < -0.3 is 10.0 Å². The molecule has 0 atom stereocenters. The molecule has 0 amide bonds. The van der Waals surface area contributed by atoms with Gasteiger partial charge in [0, 0.05) is 35.1 Å². The van der Waals surface area contributed by atoms with Crippen LogP contribution in [0.5, 0.6) is 0 Å². The van der Waals surface area contributed by atoms with E-state index in [2.05, 4.69) is 4.90 Å². The van der Waals surface area contributed by atoms with Crippen LogP contribution < -0.4 is 0 Å². The molecule has 1 aliphatic heterocycles.